The predicted octanol–water partition coefficient (Wildman–Crippen LogP) is 4.33. The number of ether oxygens (including phenoxy) is 1. The molecule has 2 N–H and O–H groups in total. The van der Waals surface area contributed by atoms with Crippen molar-refractivity contribution in [3.05, 3.63) is 65.7 Å². The Hall–Kier alpha value is -3.25. The number of Topliss-reactive ketones (excluding diaryl/α,β-unsaturated/α-hetero) is 1. The largest absolute Gasteiger partial charge is 0.471 e. The molecule has 3 rings (SSSR count). The van der Waals surface area contributed by atoms with Crippen LogP contribution in [0.2, 0.25) is 0 Å². The van der Waals surface area contributed by atoms with Gasteiger partial charge in [-0.3, -0.25) is 14.4 Å². The van der Waals surface area contributed by atoms with E-state index in [-0.39, 0.29) is 41.1 Å². The lowest BCUT2D eigenvalue weighted by Crippen LogP contribution is -2.40. The Morgan fingerprint density at radius 2 is 1.59 bits per heavy atom. The van der Waals surface area contributed by atoms with Crippen molar-refractivity contribution in [1.82, 2.24) is 10.0 Å². The molecule has 0 aromatic heterocycles. The molecule has 3 atom stereocenters. The van der Waals surface area contributed by atoms with Crippen LogP contribution in [0.15, 0.2) is 59.5 Å². The Morgan fingerprint density at radius 3 is 2.15 bits per heavy atom. The highest BCUT2D eigenvalue weighted by Gasteiger charge is 2.38. The summed E-state index contributed by atoms with van der Waals surface area (Å²) in [6.45, 7) is 1.32. The van der Waals surface area contributed by atoms with Crippen LogP contribution >= 0.6 is 0 Å². The fourth-order valence-corrected chi connectivity index (χ4v) is 6.25. The van der Waals surface area contributed by atoms with Crippen LogP contribution in [0.3, 0.4) is 0 Å². The summed E-state index contributed by atoms with van der Waals surface area (Å²) in [5.74, 6) is -4.34. The minimum atomic E-state index is -5.04. The standard InChI is InChI=1S/C29H35F3N2O6S/c1-19(26(40-2)22-10-6-7-11-22)25(35)17-23(16-20-8-4-3-5-9-20)27(36)34-41(38,39)24-14-12-21(13-15-24)18-33-28(37)29(30,31)32/h3-5,8-9,12-15,19,22-23,26H,6-7,10-11,16-18H2,1-2H3,(H,33,37)(H,34,36)/t19-,23+,26+/m0/s1. The maximum atomic E-state index is 13.3. The summed E-state index contributed by atoms with van der Waals surface area (Å²) < 4.78 is 70.9. The van der Waals surface area contributed by atoms with Crippen LogP contribution in [0.5, 0.6) is 0 Å². The molecule has 0 spiro atoms. The van der Waals surface area contributed by atoms with Gasteiger partial charge in [-0.1, -0.05) is 62.2 Å². The SMILES string of the molecule is CO[C@@H](C1CCCC1)[C@@H](C)C(=O)C[C@@H](Cc1ccccc1)C(=O)NS(=O)(=O)c1ccc(CNC(=O)C(F)(F)F)cc1. The van der Waals surface area contributed by atoms with E-state index >= 15 is 0 Å². The zero-order chi connectivity index (χ0) is 30.2. The molecule has 0 aliphatic heterocycles. The Morgan fingerprint density at radius 1 is 0.976 bits per heavy atom. The van der Waals surface area contributed by atoms with Crippen LogP contribution in [0.25, 0.3) is 0 Å². The van der Waals surface area contributed by atoms with Gasteiger partial charge in [-0.15, -0.1) is 0 Å². The van der Waals surface area contributed by atoms with E-state index in [2.05, 4.69) is 4.72 Å². The van der Waals surface area contributed by atoms with Crippen molar-refractivity contribution < 1.29 is 40.7 Å². The summed E-state index contributed by atoms with van der Waals surface area (Å²) >= 11 is 0. The highest BCUT2D eigenvalue weighted by atomic mass is 32.2. The monoisotopic (exact) mass is 596 g/mol. The number of halogens is 3. The number of rotatable bonds is 13. The van der Waals surface area contributed by atoms with Crippen LogP contribution < -0.4 is 10.0 Å². The van der Waals surface area contributed by atoms with Crippen LogP contribution in [-0.4, -0.2) is 45.4 Å². The number of alkyl halides is 3. The molecule has 1 fully saturated rings. The van der Waals surface area contributed by atoms with Crippen molar-refractivity contribution in [2.75, 3.05) is 7.11 Å². The molecule has 41 heavy (non-hydrogen) atoms. The summed E-state index contributed by atoms with van der Waals surface area (Å²) in [4.78, 5) is 37.4. The number of hydrogen-bond acceptors (Lipinski definition) is 6. The van der Waals surface area contributed by atoms with Gasteiger partial charge < -0.3 is 10.1 Å². The number of nitrogens with one attached hydrogen (secondary N) is 2. The van der Waals surface area contributed by atoms with Gasteiger partial charge in [0.15, 0.2) is 0 Å². The molecule has 1 saturated carbocycles. The van der Waals surface area contributed by atoms with E-state index in [0.717, 1.165) is 43.4 Å². The van der Waals surface area contributed by atoms with Gasteiger partial charge in [-0.05, 0) is 48.4 Å². The minimum absolute atomic E-state index is 0.138. The summed E-state index contributed by atoms with van der Waals surface area (Å²) in [6.07, 6.45) is -1.28. The molecule has 8 nitrogen and oxygen atoms in total. The van der Waals surface area contributed by atoms with Gasteiger partial charge in [0.25, 0.3) is 10.0 Å². The average Bonchev–Trinajstić information content (AvgIpc) is 3.46. The van der Waals surface area contributed by atoms with Gasteiger partial charge in [0.2, 0.25) is 5.91 Å². The number of carbonyl (C=O) groups is 3. The summed E-state index contributed by atoms with van der Waals surface area (Å²) in [5, 5.41) is 1.70. The first kappa shape index (κ1) is 32.3. The lowest BCUT2D eigenvalue weighted by molar-refractivity contribution is -0.173. The second-order valence-corrected chi connectivity index (χ2v) is 12.1. The van der Waals surface area contributed by atoms with Gasteiger partial charge in [-0.25, -0.2) is 13.1 Å². The quantitative estimate of drug-likeness (QED) is 0.356. The molecule has 224 valence electrons. The number of amides is 2. The van der Waals surface area contributed by atoms with Crippen molar-refractivity contribution in [2.24, 2.45) is 17.8 Å². The summed E-state index contributed by atoms with van der Waals surface area (Å²) in [7, 11) is -2.79. The number of methoxy groups -OCH3 is 1. The molecule has 1 aliphatic carbocycles. The van der Waals surface area contributed by atoms with Crippen LogP contribution in [0.4, 0.5) is 13.2 Å². The minimum Gasteiger partial charge on any atom is -0.380 e. The molecule has 0 unspecified atom stereocenters. The zero-order valence-corrected chi connectivity index (χ0v) is 23.8. The van der Waals surface area contributed by atoms with Crippen molar-refractivity contribution in [2.45, 2.75) is 69.2 Å². The molecule has 2 aromatic carbocycles. The molecule has 0 saturated heterocycles. The Labute approximate surface area is 238 Å². The second kappa shape index (κ2) is 14.1. The third-order valence-electron chi connectivity index (χ3n) is 7.46. The van der Waals surface area contributed by atoms with Gasteiger partial charge in [0, 0.05) is 31.9 Å². The van der Waals surface area contributed by atoms with E-state index in [4.69, 9.17) is 4.74 Å². The Bertz CT molecular complexity index is 1290. The van der Waals surface area contributed by atoms with E-state index in [9.17, 15) is 36.0 Å². The highest BCUT2D eigenvalue weighted by Crippen LogP contribution is 2.33. The maximum absolute atomic E-state index is 13.3. The van der Waals surface area contributed by atoms with E-state index < -0.39 is 46.4 Å². The van der Waals surface area contributed by atoms with Crippen molar-refractivity contribution in [3.63, 3.8) is 0 Å². The number of benzene rings is 2. The topological polar surface area (TPSA) is 119 Å². The molecular weight excluding hydrogens is 561 g/mol. The highest BCUT2D eigenvalue weighted by molar-refractivity contribution is 7.90. The lowest BCUT2D eigenvalue weighted by atomic mass is 9.83. The number of ketones is 1. The van der Waals surface area contributed by atoms with Crippen molar-refractivity contribution >= 4 is 27.6 Å². The third-order valence-corrected chi connectivity index (χ3v) is 8.82. The number of sulfonamides is 1. The van der Waals surface area contributed by atoms with Gasteiger partial charge in [0.05, 0.1) is 11.0 Å². The maximum Gasteiger partial charge on any atom is 0.471 e. The molecule has 2 amide bonds. The molecule has 1 aliphatic rings. The molecule has 2 aromatic rings. The van der Waals surface area contributed by atoms with E-state index in [0.29, 0.717) is 0 Å². The van der Waals surface area contributed by atoms with Gasteiger partial charge >= 0.3 is 12.1 Å². The molecule has 0 radical (unpaired) electrons. The Kier molecular flexibility index (Phi) is 11.1. The first-order valence-corrected chi connectivity index (χ1v) is 14.9. The van der Waals surface area contributed by atoms with Gasteiger partial charge in [-0.2, -0.15) is 13.2 Å². The number of hydrogen-bond donors (Lipinski definition) is 2. The first-order valence-electron chi connectivity index (χ1n) is 13.4. The summed E-state index contributed by atoms with van der Waals surface area (Å²) in [5.41, 5.74) is 0.985. The van der Waals surface area contributed by atoms with Gasteiger partial charge in [0.1, 0.15) is 5.78 Å². The third kappa shape index (κ3) is 9.12. The predicted molar refractivity (Wildman–Crippen MR) is 145 cm³/mol. The number of carbonyl (C=O) groups excluding carboxylic acids is 3. The lowest BCUT2D eigenvalue weighted by Gasteiger charge is -2.28. The van der Waals surface area contributed by atoms with Crippen LogP contribution in [0, 0.1) is 17.8 Å². The van der Waals surface area contributed by atoms with Crippen LogP contribution in [0.1, 0.15) is 50.2 Å². The smallest absolute Gasteiger partial charge is 0.380 e. The Balaban J connectivity index is 1.72. The van der Waals surface area contributed by atoms with E-state index in [1.54, 1.807) is 49.7 Å². The fraction of sp³-hybridized carbons (Fsp3) is 0.483. The van der Waals surface area contributed by atoms with E-state index in [1.807, 2.05) is 0 Å². The average molecular weight is 597 g/mol. The normalized spacial score (nSPS) is 16.5. The fourth-order valence-electron chi connectivity index (χ4n) is 5.20. The molecule has 0 bridgehead atoms. The van der Waals surface area contributed by atoms with Crippen LogP contribution in [-0.2, 0) is 42.1 Å². The second-order valence-electron chi connectivity index (χ2n) is 10.4. The molecule has 0 heterocycles. The molecular formula is C29H35F3N2O6S. The summed E-state index contributed by atoms with van der Waals surface area (Å²) in [6, 6.07) is 13.6. The zero-order valence-electron chi connectivity index (χ0n) is 22.9. The van der Waals surface area contributed by atoms with E-state index in [1.165, 1.54) is 12.1 Å². The molecule has 12 heteroatoms. The van der Waals surface area contributed by atoms with Crippen molar-refractivity contribution in [1.29, 1.82) is 0 Å². The van der Waals surface area contributed by atoms with Crippen molar-refractivity contribution in [3.8, 4) is 0 Å². The first-order chi connectivity index (χ1) is 19.3.